The minimum absolute atomic E-state index is 0.211. The fourth-order valence-corrected chi connectivity index (χ4v) is 4.94. The van der Waals surface area contributed by atoms with Crippen molar-refractivity contribution in [1.29, 1.82) is 0 Å². The highest BCUT2D eigenvalue weighted by Gasteiger charge is 2.32. The van der Waals surface area contributed by atoms with E-state index >= 15 is 0 Å². The van der Waals surface area contributed by atoms with Gasteiger partial charge in [-0.25, -0.2) is 9.97 Å². The predicted octanol–water partition coefficient (Wildman–Crippen LogP) is 3.61. The van der Waals surface area contributed by atoms with E-state index < -0.39 is 22.9 Å². The first-order valence-electron chi connectivity index (χ1n) is 11.9. The smallest absolute Gasteiger partial charge is 0.341 e. The van der Waals surface area contributed by atoms with Gasteiger partial charge < -0.3 is 10.2 Å². The molecule has 2 saturated heterocycles. The van der Waals surface area contributed by atoms with Crippen LogP contribution in [0.5, 0.6) is 0 Å². The monoisotopic (exact) mass is 544 g/mol. The number of H-pyrrole nitrogens is 1. The van der Waals surface area contributed by atoms with E-state index in [9.17, 15) is 22.8 Å². The topological polar surface area (TPSA) is 129 Å². The van der Waals surface area contributed by atoms with Gasteiger partial charge in [0.1, 0.15) is 0 Å². The standard InChI is InChI=1S/C24H23F3N8O2S/c25-24(26,27)16-7-18(32-19(8-16)15-11-30-31-12-15)13-28-10-14-2-5-35(6-3-14)22-29-4-1-17(33-22)9-20-21(36)34-23(37)38-20/h1,4,7-9,11-12,14,28H,2-3,5-6,10,13H2,(H,30,31)(H,34,36,37)/b20-9+. The molecule has 5 heterocycles. The summed E-state index contributed by atoms with van der Waals surface area (Å²) in [6.07, 6.45) is 3.35. The molecule has 3 aromatic rings. The Balaban J connectivity index is 1.16. The Kier molecular flexibility index (Phi) is 7.42. The quantitative estimate of drug-likeness (QED) is 0.382. The van der Waals surface area contributed by atoms with Crippen molar-refractivity contribution < 1.29 is 22.8 Å². The normalized spacial score (nSPS) is 17.9. The van der Waals surface area contributed by atoms with Crippen LogP contribution in [0.4, 0.5) is 23.9 Å². The number of amides is 2. The third-order valence-electron chi connectivity index (χ3n) is 6.22. The first kappa shape index (κ1) is 25.9. The molecule has 3 aromatic heterocycles. The second-order valence-corrected chi connectivity index (χ2v) is 9.93. The zero-order valence-electron chi connectivity index (χ0n) is 20.0. The number of aromatic nitrogens is 5. The van der Waals surface area contributed by atoms with Crippen LogP contribution in [-0.2, 0) is 17.5 Å². The number of hydrogen-bond donors (Lipinski definition) is 3. The van der Waals surface area contributed by atoms with Crippen LogP contribution in [0.3, 0.4) is 0 Å². The lowest BCUT2D eigenvalue weighted by atomic mass is 9.97. The van der Waals surface area contributed by atoms with E-state index in [1.165, 1.54) is 12.4 Å². The highest BCUT2D eigenvalue weighted by molar-refractivity contribution is 8.18. The number of alkyl halides is 3. The molecule has 0 aromatic carbocycles. The number of thioether (sulfide) groups is 1. The highest BCUT2D eigenvalue weighted by atomic mass is 32.2. The number of nitrogens with one attached hydrogen (secondary N) is 3. The van der Waals surface area contributed by atoms with E-state index in [0.29, 0.717) is 48.5 Å². The Morgan fingerprint density at radius 2 is 2.00 bits per heavy atom. The summed E-state index contributed by atoms with van der Waals surface area (Å²) in [6, 6.07) is 3.77. The summed E-state index contributed by atoms with van der Waals surface area (Å²) in [4.78, 5) is 38.7. The van der Waals surface area contributed by atoms with Crippen molar-refractivity contribution >= 4 is 34.9 Å². The van der Waals surface area contributed by atoms with Crippen LogP contribution in [0.25, 0.3) is 17.3 Å². The van der Waals surface area contributed by atoms with E-state index in [-0.39, 0.29) is 17.1 Å². The maximum Gasteiger partial charge on any atom is 0.416 e. The molecule has 0 atom stereocenters. The van der Waals surface area contributed by atoms with E-state index in [4.69, 9.17) is 0 Å². The molecule has 0 saturated carbocycles. The second kappa shape index (κ2) is 10.9. The molecule has 3 N–H and O–H groups in total. The number of nitrogens with zero attached hydrogens (tertiary/aromatic N) is 5. The van der Waals surface area contributed by atoms with Gasteiger partial charge in [0.2, 0.25) is 5.95 Å². The number of piperidine rings is 1. The summed E-state index contributed by atoms with van der Waals surface area (Å²) in [5, 5.41) is 11.5. The Morgan fingerprint density at radius 1 is 1.18 bits per heavy atom. The number of halogens is 3. The molecule has 10 nitrogen and oxygen atoms in total. The van der Waals surface area contributed by atoms with Crippen molar-refractivity contribution in [2.75, 3.05) is 24.5 Å². The summed E-state index contributed by atoms with van der Waals surface area (Å²) in [6.45, 7) is 2.28. The first-order chi connectivity index (χ1) is 18.2. The molecule has 2 aliphatic heterocycles. The first-order valence-corrected chi connectivity index (χ1v) is 12.7. The molecule has 38 heavy (non-hydrogen) atoms. The van der Waals surface area contributed by atoms with Crippen LogP contribution < -0.4 is 15.5 Å². The summed E-state index contributed by atoms with van der Waals surface area (Å²) >= 11 is 0.834. The third-order valence-corrected chi connectivity index (χ3v) is 7.03. The van der Waals surface area contributed by atoms with Gasteiger partial charge in [0.15, 0.2) is 0 Å². The van der Waals surface area contributed by atoms with Crippen molar-refractivity contribution in [3.63, 3.8) is 0 Å². The van der Waals surface area contributed by atoms with Gasteiger partial charge in [0, 0.05) is 37.6 Å². The molecule has 14 heteroatoms. The fraction of sp³-hybridized carbons (Fsp3) is 0.333. The third kappa shape index (κ3) is 6.19. The molecule has 0 bridgehead atoms. The SMILES string of the molecule is O=C1NC(=O)/C(=C\c2ccnc(N3CCC(CNCc4cc(C(F)(F)F)cc(-c5cn[nH]c5)n4)CC3)n2)S1. The number of carbonyl (C=O) groups is 2. The number of carbonyl (C=O) groups excluding carboxylic acids is 2. The van der Waals surface area contributed by atoms with Crippen molar-refractivity contribution in [2.45, 2.75) is 25.6 Å². The molecule has 0 spiro atoms. The van der Waals surface area contributed by atoms with Crippen LogP contribution in [0, 0.1) is 5.92 Å². The minimum atomic E-state index is -4.47. The fourth-order valence-electron chi connectivity index (χ4n) is 4.27. The van der Waals surface area contributed by atoms with E-state index in [0.717, 1.165) is 36.7 Å². The van der Waals surface area contributed by atoms with Gasteiger partial charge in [0.25, 0.3) is 11.1 Å². The van der Waals surface area contributed by atoms with Crippen molar-refractivity contribution in [3.8, 4) is 11.3 Å². The second-order valence-electron chi connectivity index (χ2n) is 8.91. The maximum atomic E-state index is 13.4. The summed E-state index contributed by atoms with van der Waals surface area (Å²) in [5.41, 5.74) is 0.810. The van der Waals surface area contributed by atoms with Gasteiger partial charge in [-0.15, -0.1) is 0 Å². The number of rotatable bonds is 7. The molecule has 2 aliphatic rings. The Morgan fingerprint density at radius 3 is 2.68 bits per heavy atom. The molecule has 0 unspecified atom stereocenters. The Hall–Kier alpha value is -3.78. The Labute approximate surface area is 219 Å². The van der Waals surface area contributed by atoms with Gasteiger partial charge in [0.05, 0.1) is 33.7 Å². The van der Waals surface area contributed by atoms with Gasteiger partial charge in [-0.3, -0.25) is 25.0 Å². The average Bonchev–Trinajstić information content (AvgIpc) is 3.54. The van der Waals surface area contributed by atoms with Crippen molar-refractivity contribution in [1.82, 2.24) is 35.8 Å². The van der Waals surface area contributed by atoms with Gasteiger partial charge in [-0.2, -0.15) is 18.3 Å². The molecule has 198 valence electrons. The molecular weight excluding hydrogens is 521 g/mol. The van der Waals surface area contributed by atoms with Crippen LogP contribution >= 0.6 is 11.8 Å². The van der Waals surface area contributed by atoms with Crippen LogP contribution in [0.2, 0.25) is 0 Å². The summed E-state index contributed by atoms with van der Waals surface area (Å²) in [5.74, 6) is 0.437. The number of pyridine rings is 1. The lowest BCUT2D eigenvalue weighted by Gasteiger charge is -2.32. The lowest BCUT2D eigenvalue weighted by molar-refractivity contribution is -0.137. The Bertz CT molecular complexity index is 1350. The number of hydrogen-bond acceptors (Lipinski definition) is 9. The van der Waals surface area contributed by atoms with E-state index in [1.807, 2.05) is 0 Å². The van der Waals surface area contributed by atoms with Crippen molar-refractivity contribution in [3.05, 3.63) is 58.6 Å². The predicted molar refractivity (Wildman–Crippen MR) is 135 cm³/mol. The summed E-state index contributed by atoms with van der Waals surface area (Å²) in [7, 11) is 0. The van der Waals surface area contributed by atoms with Crippen molar-refractivity contribution in [2.24, 2.45) is 5.92 Å². The average molecular weight is 545 g/mol. The zero-order valence-corrected chi connectivity index (χ0v) is 20.8. The maximum absolute atomic E-state index is 13.4. The van der Waals surface area contributed by atoms with E-state index in [1.54, 1.807) is 18.3 Å². The lowest BCUT2D eigenvalue weighted by Crippen LogP contribution is -2.38. The zero-order chi connectivity index (χ0) is 26.7. The van der Waals surface area contributed by atoms with Crippen LogP contribution in [-0.4, -0.2) is 55.9 Å². The molecule has 5 rings (SSSR count). The number of anilines is 1. The molecule has 2 fully saturated rings. The van der Waals surface area contributed by atoms with Crippen LogP contribution in [0.1, 0.15) is 29.8 Å². The summed E-state index contributed by atoms with van der Waals surface area (Å²) < 4.78 is 40.2. The van der Waals surface area contributed by atoms with Gasteiger partial charge >= 0.3 is 6.18 Å². The minimum Gasteiger partial charge on any atom is -0.341 e. The molecule has 0 aliphatic carbocycles. The van der Waals surface area contributed by atoms with E-state index in [2.05, 4.69) is 40.7 Å². The number of aromatic amines is 1. The van der Waals surface area contributed by atoms with Gasteiger partial charge in [-0.1, -0.05) is 0 Å². The highest BCUT2D eigenvalue weighted by Crippen LogP contribution is 2.32. The molecular formula is C24H23F3N8O2S. The van der Waals surface area contributed by atoms with Gasteiger partial charge in [-0.05, 0) is 61.3 Å². The molecule has 2 amide bonds. The number of imide groups is 1. The van der Waals surface area contributed by atoms with Crippen LogP contribution in [0.15, 0.2) is 41.7 Å². The largest absolute Gasteiger partial charge is 0.416 e. The molecule has 0 radical (unpaired) electrons.